The largest absolute Gasteiger partial charge is 0.342 e. The molecule has 0 bridgehead atoms. The van der Waals surface area contributed by atoms with E-state index in [4.69, 9.17) is 0 Å². The molecule has 1 aliphatic rings. The Hall–Kier alpha value is -3.22. The van der Waals surface area contributed by atoms with Crippen LogP contribution in [0.4, 0.5) is 11.4 Å². The Balaban J connectivity index is 1.54. The summed E-state index contributed by atoms with van der Waals surface area (Å²) < 4.78 is 0. The monoisotopic (exact) mass is 380 g/mol. The van der Waals surface area contributed by atoms with Crippen molar-refractivity contribution >= 4 is 29.1 Å². The highest BCUT2D eigenvalue weighted by atomic mass is 16.2. The van der Waals surface area contributed by atoms with Crippen molar-refractivity contribution in [3.8, 4) is 0 Å². The molecule has 0 radical (unpaired) electrons. The van der Waals surface area contributed by atoms with Gasteiger partial charge < -0.3 is 15.5 Å². The van der Waals surface area contributed by atoms with Crippen LogP contribution in [0, 0.1) is 5.92 Å². The number of anilines is 2. The molecule has 3 amide bonds. The molecule has 1 fully saturated rings. The van der Waals surface area contributed by atoms with Gasteiger partial charge in [-0.3, -0.25) is 19.4 Å². The average Bonchev–Trinajstić information content (AvgIpc) is 3.08. The molecule has 7 heteroatoms. The highest BCUT2D eigenvalue weighted by Gasteiger charge is 2.33. The van der Waals surface area contributed by atoms with Crippen molar-refractivity contribution in [1.29, 1.82) is 0 Å². The van der Waals surface area contributed by atoms with E-state index in [-0.39, 0.29) is 30.1 Å². The average molecular weight is 380 g/mol. The maximum absolute atomic E-state index is 12.5. The molecule has 1 atom stereocenters. The molecule has 7 nitrogen and oxygen atoms in total. The predicted octanol–water partition coefficient (Wildman–Crippen LogP) is 2.92. The van der Waals surface area contributed by atoms with Gasteiger partial charge in [0.2, 0.25) is 11.8 Å². The molecule has 1 saturated heterocycles. The first kappa shape index (κ1) is 19.5. The Morgan fingerprint density at radius 3 is 2.43 bits per heavy atom. The molecule has 0 saturated carbocycles. The van der Waals surface area contributed by atoms with E-state index in [1.807, 2.05) is 0 Å². The number of carbonyl (C=O) groups excluding carboxylic acids is 3. The van der Waals surface area contributed by atoms with Gasteiger partial charge in [-0.15, -0.1) is 0 Å². The number of amides is 3. The highest BCUT2D eigenvalue weighted by Crippen LogP contribution is 2.21. The van der Waals surface area contributed by atoms with Crippen LogP contribution in [0.25, 0.3) is 0 Å². The van der Waals surface area contributed by atoms with Crippen molar-refractivity contribution in [3.63, 3.8) is 0 Å². The van der Waals surface area contributed by atoms with Crippen LogP contribution in [-0.4, -0.2) is 40.7 Å². The summed E-state index contributed by atoms with van der Waals surface area (Å²) in [5, 5.41) is 5.62. The summed E-state index contributed by atoms with van der Waals surface area (Å²) >= 11 is 0. The van der Waals surface area contributed by atoms with Crippen LogP contribution in [-0.2, 0) is 9.59 Å². The van der Waals surface area contributed by atoms with Crippen LogP contribution in [0.5, 0.6) is 0 Å². The Kier molecular flexibility index (Phi) is 6.37. The first-order valence-corrected chi connectivity index (χ1v) is 9.47. The minimum absolute atomic E-state index is 0.0386. The molecular weight excluding hydrogens is 356 g/mol. The van der Waals surface area contributed by atoms with Gasteiger partial charge in [0.15, 0.2) is 0 Å². The van der Waals surface area contributed by atoms with Crippen LogP contribution in [0.1, 0.15) is 36.5 Å². The number of benzene rings is 1. The Morgan fingerprint density at radius 2 is 1.75 bits per heavy atom. The van der Waals surface area contributed by atoms with E-state index >= 15 is 0 Å². The van der Waals surface area contributed by atoms with Crippen molar-refractivity contribution in [2.24, 2.45) is 5.92 Å². The number of rotatable bonds is 7. The zero-order chi connectivity index (χ0) is 19.9. The molecule has 0 aliphatic carbocycles. The van der Waals surface area contributed by atoms with E-state index in [2.05, 4.69) is 22.5 Å². The molecule has 2 aromatic rings. The smallest absolute Gasteiger partial charge is 0.255 e. The summed E-state index contributed by atoms with van der Waals surface area (Å²) in [5.41, 5.74) is 1.75. The molecule has 28 heavy (non-hydrogen) atoms. The van der Waals surface area contributed by atoms with E-state index in [0.717, 1.165) is 12.8 Å². The number of hydrogen-bond donors (Lipinski definition) is 2. The van der Waals surface area contributed by atoms with Crippen LogP contribution in [0.15, 0.2) is 48.8 Å². The lowest BCUT2D eigenvalue weighted by Gasteiger charge is -2.16. The van der Waals surface area contributed by atoms with Gasteiger partial charge >= 0.3 is 0 Å². The third kappa shape index (κ3) is 4.94. The Morgan fingerprint density at radius 1 is 1.07 bits per heavy atom. The van der Waals surface area contributed by atoms with Gasteiger partial charge in [0.1, 0.15) is 0 Å². The molecule has 2 heterocycles. The Bertz CT molecular complexity index is 836. The van der Waals surface area contributed by atoms with Crippen LogP contribution in [0.2, 0.25) is 0 Å². The van der Waals surface area contributed by atoms with Gasteiger partial charge in [0, 0.05) is 48.8 Å². The number of unbranched alkanes of at least 4 members (excludes halogenated alkanes) is 1. The van der Waals surface area contributed by atoms with Crippen molar-refractivity contribution in [3.05, 3.63) is 54.4 Å². The third-order valence-corrected chi connectivity index (χ3v) is 4.72. The lowest BCUT2D eigenvalue weighted by Crippen LogP contribution is -2.29. The second kappa shape index (κ2) is 9.12. The zero-order valence-corrected chi connectivity index (χ0v) is 15.9. The fraction of sp³-hybridized carbons (Fsp3) is 0.333. The minimum Gasteiger partial charge on any atom is -0.342 e. The number of pyridine rings is 1. The van der Waals surface area contributed by atoms with Crippen LogP contribution in [0.3, 0.4) is 0 Å². The van der Waals surface area contributed by atoms with Gasteiger partial charge in [0.05, 0.1) is 5.92 Å². The topological polar surface area (TPSA) is 91.4 Å². The fourth-order valence-corrected chi connectivity index (χ4v) is 3.10. The van der Waals surface area contributed by atoms with E-state index in [1.165, 1.54) is 0 Å². The van der Waals surface area contributed by atoms with Crippen molar-refractivity contribution in [2.75, 3.05) is 23.7 Å². The normalized spacial score (nSPS) is 16.1. The molecule has 2 N–H and O–H groups in total. The number of hydrogen-bond acceptors (Lipinski definition) is 4. The third-order valence-electron chi connectivity index (χ3n) is 4.72. The number of aromatic nitrogens is 1. The SMILES string of the molecule is CCCCN1C[C@H](C(=O)Nc2ccc(C(=O)Nc3ccncc3)cc2)CC1=O. The molecule has 0 unspecified atom stereocenters. The van der Waals surface area contributed by atoms with Gasteiger partial charge in [-0.25, -0.2) is 0 Å². The van der Waals surface area contributed by atoms with E-state index < -0.39 is 0 Å². The molecular formula is C21H24N4O3. The van der Waals surface area contributed by atoms with Crippen LogP contribution < -0.4 is 10.6 Å². The maximum Gasteiger partial charge on any atom is 0.255 e. The standard InChI is InChI=1S/C21H24N4O3/c1-2-3-12-25-14-16(13-19(25)26)21(28)23-17-6-4-15(5-7-17)20(27)24-18-8-10-22-11-9-18/h4-11,16H,2-3,12-14H2,1H3,(H,23,28)(H,22,24,27)/t16-/m1/s1. The van der Waals surface area contributed by atoms with Gasteiger partial charge in [-0.05, 0) is 42.8 Å². The predicted molar refractivity (Wildman–Crippen MR) is 107 cm³/mol. The zero-order valence-electron chi connectivity index (χ0n) is 15.9. The molecule has 0 spiro atoms. The summed E-state index contributed by atoms with van der Waals surface area (Å²) in [6, 6.07) is 10.1. The first-order valence-electron chi connectivity index (χ1n) is 9.47. The minimum atomic E-state index is -0.334. The lowest BCUT2D eigenvalue weighted by molar-refractivity contribution is -0.128. The lowest BCUT2D eigenvalue weighted by atomic mass is 10.1. The number of likely N-dealkylation sites (tertiary alicyclic amines) is 1. The highest BCUT2D eigenvalue weighted by molar-refractivity contribution is 6.04. The second-order valence-corrected chi connectivity index (χ2v) is 6.85. The van der Waals surface area contributed by atoms with E-state index in [1.54, 1.807) is 53.7 Å². The van der Waals surface area contributed by atoms with E-state index in [9.17, 15) is 14.4 Å². The van der Waals surface area contributed by atoms with Crippen molar-refractivity contribution in [2.45, 2.75) is 26.2 Å². The quantitative estimate of drug-likeness (QED) is 0.773. The van der Waals surface area contributed by atoms with Gasteiger partial charge in [0.25, 0.3) is 5.91 Å². The van der Waals surface area contributed by atoms with Crippen molar-refractivity contribution in [1.82, 2.24) is 9.88 Å². The van der Waals surface area contributed by atoms with Gasteiger partial charge in [-0.2, -0.15) is 0 Å². The summed E-state index contributed by atoms with van der Waals surface area (Å²) in [6.45, 7) is 3.25. The first-order chi connectivity index (χ1) is 13.6. The van der Waals surface area contributed by atoms with Crippen LogP contribution >= 0.6 is 0 Å². The molecule has 146 valence electrons. The maximum atomic E-state index is 12.5. The summed E-state index contributed by atoms with van der Waals surface area (Å²) in [7, 11) is 0. The number of nitrogens with zero attached hydrogens (tertiary/aromatic N) is 2. The summed E-state index contributed by atoms with van der Waals surface area (Å²) in [4.78, 5) is 42.4. The number of nitrogens with one attached hydrogen (secondary N) is 2. The summed E-state index contributed by atoms with van der Waals surface area (Å²) in [6.07, 6.45) is 5.42. The van der Waals surface area contributed by atoms with Gasteiger partial charge in [-0.1, -0.05) is 13.3 Å². The molecule has 1 aromatic heterocycles. The molecule has 1 aliphatic heterocycles. The molecule has 1 aromatic carbocycles. The summed E-state index contributed by atoms with van der Waals surface area (Å²) in [5.74, 6) is -0.700. The van der Waals surface area contributed by atoms with Crippen molar-refractivity contribution < 1.29 is 14.4 Å². The molecule has 3 rings (SSSR count). The second-order valence-electron chi connectivity index (χ2n) is 6.85. The fourth-order valence-electron chi connectivity index (χ4n) is 3.10. The Labute approximate surface area is 164 Å². The van der Waals surface area contributed by atoms with E-state index in [0.29, 0.717) is 30.0 Å². The number of carbonyl (C=O) groups is 3.